The summed E-state index contributed by atoms with van der Waals surface area (Å²) in [4.78, 5) is 15.6. The maximum atomic E-state index is 11.3. The fraction of sp³-hybridized carbons (Fsp3) is 0.0455. The van der Waals surface area contributed by atoms with Gasteiger partial charge in [0.1, 0.15) is 0 Å². The van der Waals surface area contributed by atoms with Crippen molar-refractivity contribution in [3.05, 3.63) is 89.9 Å². The summed E-state index contributed by atoms with van der Waals surface area (Å²) >= 11 is 0. The number of amides is 1. The molecule has 0 saturated carbocycles. The van der Waals surface area contributed by atoms with Gasteiger partial charge in [0, 0.05) is 29.1 Å². The van der Waals surface area contributed by atoms with Crippen molar-refractivity contribution in [2.24, 2.45) is 5.73 Å². The molecule has 0 spiro atoms. The number of aromatic nitrogens is 5. The number of pyridine rings is 1. The zero-order valence-corrected chi connectivity index (χ0v) is 15.4. The molecule has 5 rings (SSSR count). The number of primary amides is 1. The zero-order valence-electron chi connectivity index (χ0n) is 15.4. The topological polar surface area (TPSA) is 99.1 Å². The first-order chi connectivity index (χ1) is 14.2. The SMILES string of the molecule is NC(=O)c1ccc(-c2ccc3nnc(Cc4ccc5ncccc5c4)n3n2)cc1. The largest absolute Gasteiger partial charge is 0.366 e. The summed E-state index contributed by atoms with van der Waals surface area (Å²) in [6.07, 6.45) is 2.39. The van der Waals surface area contributed by atoms with E-state index in [1.807, 2.05) is 48.5 Å². The Bertz CT molecular complexity index is 1360. The van der Waals surface area contributed by atoms with E-state index in [0.29, 0.717) is 17.6 Å². The van der Waals surface area contributed by atoms with Crippen LogP contribution in [0.2, 0.25) is 0 Å². The van der Waals surface area contributed by atoms with Gasteiger partial charge in [0.15, 0.2) is 11.5 Å². The van der Waals surface area contributed by atoms with Gasteiger partial charge in [0.2, 0.25) is 5.91 Å². The van der Waals surface area contributed by atoms with E-state index >= 15 is 0 Å². The van der Waals surface area contributed by atoms with Crippen molar-refractivity contribution in [1.82, 2.24) is 24.8 Å². The second-order valence-corrected chi connectivity index (χ2v) is 6.75. The van der Waals surface area contributed by atoms with Gasteiger partial charge in [0.05, 0.1) is 11.2 Å². The van der Waals surface area contributed by atoms with Gasteiger partial charge in [-0.1, -0.05) is 24.3 Å². The molecule has 2 aromatic carbocycles. The molecule has 7 nitrogen and oxygen atoms in total. The molecule has 0 atom stereocenters. The summed E-state index contributed by atoms with van der Waals surface area (Å²) in [5.41, 5.74) is 10.2. The Hall–Kier alpha value is -4.13. The number of hydrogen-bond acceptors (Lipinski definition) is 5. The molecule has 1 amide bonds. The first-order valence-electron chi connectivity index (χ1n) is 9.13. The molecule has 0 aliphatic heterocycles. The highest BCUT2D eigenvalue weighted by Gasteiger charge is 2.11. The molecular formula is C22H16N6O. The molecule has 7 heteroatoms. The van der Waals surface area contributed by atoms with Crippen LogP contribution in [0.1, 0.15) is 21.7 Å². The number of nitrogens with two attached hydrogens (primary N) is 1. The lowest BCUT2D eigenvalue weighted by molar-refractivity contribution is 0.100. The fourth-order valence-corrected chi connectivity index (χ4v) is 3.32. The van der Waals surface area contributed by atoms with Crippen molar-refractivity contribution in [3.8, 4) is 11.3 Å². The molecule has 5 aromatic rings. The molecule has 0 unspecified atom stereocenters. The minimum Gasteiger partial charge on any atom is -0.366 e. The normalized spacial score (nSPS) is 11.2. The molecule has 0 radical (unpaired) electrons. The van der Waals surface area contributed by atoms with Crippen molar-refractivity contribution in [2.75, 3.05) is 0 Å². The molecule has 3 heterocycles. The Balaban J connectivity index is 1.51. The molecule has 140 valence electrons. The highest BCUT2D eigenvalue weighted by atomic mass is 16.1. The highest BCUT2D eigenvalue weighted by Crippen LogP contribution is 2.20. The van der Waals surface area contributed by atoms with E-state index in [2.05, 4.69) is 21.2 Å². The average Bonchev–Trinajstić information content (AvgIpc) is 3.15. The van der Waals surface area contributed by atoms with Crippen LogP contribution in [-0.4, -0.2) is 30.7 Å². The average molecular weight is 380 g/mol. The quantitative estimate of drug-likeness (QED) is 0.517. The van der Waals surface area contributed by atoms with Gasteiger partial charge < -0.3 is 5.73 Å². The predicted octanol–water partition coefficient (Wildman–Crippen LogP) is 3.03. The minimum absolute atomic E-state index is 0.452. The first kappa shape index (κ1) is 17.0. The second-order valence-electron chi connectivity index (χ2n) is 6.75. The Morgan fingerprint density at radius 1 is 0.966 bits per heavy atom. The van der Waals surface area contributed by atoms with Gasteiger partial charge in [-0.05, 0) is 48.0 Å². The van der Waals surface area contributed by atoms with Gasteiger partial charge in [-0.3, -0.25) is 9.78 Å². The third-order valence-electron chi connectivity index (χ3n) is 4.82. The van der Waals surface area contributed by atoms with Crippen molar-refractivity contribution in [1.29, 1.82) is 0 Å². The minimum atomic E-state index is -0.452. The van der Waals surface area contributed by atoms with E-state index in [1.54, 1.807) is 22.8 Å². The molecule has 2 N–H and O–H groups in total. The van der Waals surface area contributed by atoms with Crippen LogP contribution in [0, 0.1) is 0 Å². The molecule has 3 aromatic heterocycles. The molecule has 0 fully saturated rings. The van der Waals surface area contributed by atoms with Crippen LogP contribution >= 0.6 is 0 Å². The standard InChI is InChI=1S/C22H16N6O/c23-22(29)16-6-4-15(5-7-16)19-9-10-20-25-26-21(28(20)27-19)13-14-3-8-18-17(12-14)2-1-11-24-18/h1-12H,13H2,(H2,23,29). The van der Waals surface area contributed by atoms with E-state index in [4.69, 9.17) is 10.8 Å². The number of fused-ring (bicyclic) bond motifs is 2. The highest BCUT2D eigenvalue weighted by molar-refractivity contribution is 5.93. The van der Waals surface area contributed by atoms with E-state index < -0.39 is 5.91 Å². The van der Waals surface area contributed by atoms with Gasteiger partial charge in [-0.2, -0.15) is 9.61 Å². The molecule has 0 aliphatic carbocycles. The number of carbonyl (C=O) groups is 1. The van der Waals surface area contributed by atoms with Crippen LogP contribution in [0.5, 0.6) is 0 Å². The Labute approximate surface area is 165 Å². The van der Waals surface area contributed by atoms with E-state index in [-0.39, 0.29) is 0 Å². The van der Waals surface area contributed by atoms with Crippen molar-refractivity contribution in [2.45, 2.75) is 6.42 Å². The van der Waals surface area contributed by atoms with Gasteiger partial charge in [-0.25, -0.2) is 0 Å². The number of rotatable bonds is 4. The summed E-state index contributed by atoms with van der Waals surface area (Å²) in [7, 11) is 0. The lowest BCUT2D eigenvalue weighted by Gasteiger charge is -2.05. The molecule has 0 bridgehead atoms. The number of hydrogen-bond donors (Lipinski definition) is 1. The summed E-state index contributed by atoms with van der Waals surface area (Å²) in [6, 6.07) is 20.9. The lowest BCUT2D eigenvalue weighted by atomic mass is 10.1. The lowest BCUT2D eigenvalue weighted by Crippen LogP contribution is -2.10. The molecule has 29 heavy (non-hydrogen) atoms. The number of carbonyl (C=O) groups excluding carboxylic acids is 1. The van der Waals surface area contributed by atoms with Crippen LogP contribution in [0.25, 0.3) is 27.8 Å². The Morgan fingerprint density at radius 2 is 1.83 bits per heavy atom. The predicted molar refractivity (Wildman–Crippen MR) is 109 cm³/mol. The zero-order chi connectivity index (χ0) is 19.8. The van der Waals surface area contributed by atoms with E-state index in [9.17, 15) is 4.79 Å². The maximum absolute atomic E-state index is 11.3. The Morgan fingerprint density at radius 3 is 2.66 bits per heavy atom. The Kier molecular flexibility index (Phi) is 3.98. The first-order valence-corrected chi connectivity index (χ1v) is 9.13. The van der Waals surface area contributed by atoms with Crippen LogP contribution in [0.4, 0.5) is 0 Å². The van der Waals surface area contributed by atoms with Crippen molar-refractivity contribution < 1.29 is 4.79 Å². The van der Waals surface area contributed by atoms with Crippen LogP contribution < -0.4 is 5.73 Å². The van der Waals surface area contributed by atoms with Crippen LogP contribution in [0.3, 0.4) is 0 Å². The van der Waals surface area contributed by atoms with Crippen LogP contribution in [0.15, 0.2) is 72.9 Å². The molecule has 0 saturated heterocycles. The maximum Gasteiger partial charge on any atom is 0.248 e. The van der Waals surface area contributed by atoms with Crippen molar-refractivity contribution >= 4 is 22.5 Å². The molecule has 0 aliphatic rings. The van der Waals surface area contributed by atoms with Crippen LogP contribution in [-0.2, 0) is 6.42 Å². The molecular weight excluding hydrogens is 364 g/mol. The summed E-state index contributed by atoms with van der Waals surface area (Å²) in [5.74, 6) is 0.297. The van der Waals surface area contributed by atoms with E-state index in [1.165, 1.54) is 0 Å². The monoisotopic (exact) mass is 380 g/mol. The fourth-order valence-electron chi connectivity index (χ4n) is 3.32. The second kappa shape index (κ2) is 6.79. The third kappa shape index (κ3) is 3.19. The summed E-state index contributed by atoms with van der Waals surface area (Å²) < 4.78 is 1.75. The van der Waals surface area contributed by atoms with Gasteiger partial charge in [0.25, 0.3) is 0 Å². The number of nitrogens with zero attached hydrogens (tertiary/aromatic N) is 5. The van der Waals surface area contributed by atoms with Gasteiger partial charge in [-0.15, -0.1) is 10.2 Å². The summed E-state index contributed by atoms with van der Waals surface area (Å²) in [6.45, 7) is 0. The summed E-state index contributed by atoms with van der Waals surface area (Å²) in [5, 5.41) is 14.3. The third-order valence-corrected chi connectivity index (χ3v) is 4.82. The van der Waals surface area contributed by atoms with Crippen molar-refractivity contribution in [3.63, 3.8) is 0 Å². The van der Waals surface area contributed by atoms with E-state index in [0.717, 1.165) is 33.5 Å². The smallest absolute Gasteiger partial charge is 0.248 e. The number of benzene rings is 2. The van der Waals surface area contributed by atoms with Gasteiger partial charge >= 0.3 is 0 Å².